The van der Waals surface area contributed by atoms with Crippen LogP contribution in [-0.4, -0.2) is 22.6 Å². The lowest BCUT2D eigenvalue weighted by atomic mass is 9.87. The molecule has 1 aliphatic rings. The predicted octanol–water partition coefficient (Wildman–Crippen LogP) is 2.84. The van der Waals surface area contributed by atoms with Gasteiger partial charge in [0.05, 0.1) is 6.61 Å². The summed E-state index contributed by atoms with van der Waals surface area (Å²) < 4.78 is 5.52. The maximum Gasteiger partial charge on any atom is 0.242 e. The molecule has 0 spiro atoms. The van der Waals surface area contributed by atoms with Crippen LogP contribution in [0.4, 0.5) is 11.5 Å². The molecular formula is C14H24N4O. The van der Waals surface area contributed by atoms with Crippen LogP contribution in [0.15, 0.2) is 6.33 Å². The standard InChI is InChI=1S/C14H24N4O/c1-3-8-19-14-12(15)13(16-9-17-14)18-11-6-4-10(2)5-7-11/h9-11H,3-8,15H2,1-2H3,(H,16,17,18). The summed E-state index contributed by atoms with van der Waals surface area (Å²) in [4.78, 5) is 8.32. The van der Waals surface area contributed by atoms with Crippen molar-refractivity contribution >= 4 is 11.5 Å². The van der Waals surface area contributed by atoms with Gasteiger partial charge in [-0.2, -0.15) is 4.98 Å². The molecule has 0 unspecified atom stereocenters. The molecule has 3 N–H and O–H groups in total. The first kappa shape index (κ1) is 13.9. The quantitative estimate of drug-likeness (QED) is 0.855. The molecule has 5 nitrogen and oxygen atoms in total. The number of aromatic nitrogens is 2. The number of rotatable bonds is 5. The summed E-state index contributed by atoms with van der Waals surface area (Å²) in [5.41, 5.74) is 6.58. The van der Waals surface area contributed by atoms with Crippen LogP contribution in [0.3, 0.4) is 0 Å². The van der Waals surface area contributed by atoms with Gasteiger partial charge < -0.3 is 15.8 Å². The summed E-state index contributed by atoms with van der Waals surface area (Å²) in [7, 11) is 0. The Balaban J connectivity index is 1.99. The second-order valence-electron chi connectivity index (χ2n) is 5.39. The maximum atomic E-state index is 6.06. The summed E-state index contributed by atoms with van der Waals surface area (Å²) in [5, 5.41) is 3.43. The fourth-order valence-electron chi connectivity index (χ4n) is 2.41. The van der Waals surface area contributed by atoms with Crippen LogP contribution in [-0.2, 0) is 0 Å². The summed E-state index contributed by atoms with van der Waals surface area (Å²) in [6.07, 6.45) is 7.33. The molecule has 0 aromatic carbocycles. The van der Waals surface area contributed by atoms with E-state index in [1.165, 1.54) is 32.0 Å². The zero-order valence-electron chi connectivity index (χ0n) is 11.9. The van der Waals surface area contributed by atoms with Gasteiger partial charge in [0, 0.05) is 6.04 Å². The van der Waals surface area contributed by atoms with Gasteiger partial charge in [-0.3, -0.25) is 0 Å². The Kier molecular flexibility index (Phi) is 4.82. The van der Waals surface area contributed by atoms with Crippen LogP contribution in [0, 0.1) is 5.92 Å². The zero-order chi connectivity index (χ0) is 13.7. The van der Waals surface area contributed by atoms with E-state index in [2.05, 4.69) is 29.1 Å². The second kappa shape index (κ2) is 6.59. The third-order valence-corrected chi connectivity index (χ3v) is 3.65. The smallest absolute Gasteiger partial charge is 0.242 e. The Bertz CT molecular complexity index is 402. The third-order valence-electron chi connectivity index (χ3n) is 3.65. The monoisotopic (exact) mass is 264 g/mol. The number of nitrogens with one attached hydrogen (secondary N) is 1. The van der Waals surface area contributed by atoms with Gasteiger partial charge >= 0.3 is 0 Å². The van der Waals surface area contributed by atoms with E-state index in [4.69, 9.17) is 10.5 Å². The van der Waals surface area contributed by atoms with Gasteiger partial charge in [0.2, 0.25) is 5.88 Å². The lowest BCUT2D eigenvalue weighted by molar-refractivity contribution is 0.306. The number of ether oxygens (including phenoxy) is 1. The van der Waals surface area contributed by atoms with E-state index >= 15 is 0 Å². The van der Waals surface area contributed by atoms with E-state index in [0.717, 1.165) is 12.3 Å². The van der Waals surface area contributed by atoms with E-state index in [1.54, 1.807) is 0 Å². The molecule has 1 heterocycles. The van der Waals surface area contributed by atoms with Crippen LogP contribution in [0.1, 0.15) is 46.0 Å². The van der Waals surface area contributed by atoms with E-state index < -0.39 is 0 Å². The molecule has 0 atom stereocenters. The number of nitrogens with zero attached hydrogens (tertiary/aromatic N) is 2. The Labute approximate surface area is 115 Å². The topological polar surface area (TPSA) is 73.1 Å². The minimum absolute atomic E-state index is 0.465. The van der Waals surface area contributed by atoms with Crippen LogP contribution in [0.2, 0.25) is 0 Å². The minimum atomic E-state index is 0.465. The van der Waals surface area contributed by atoms with Crippen LogP contribution in [0.5, 0.6) is 5.88 Å². The van der Waals surface area contributed by atoms with Crippen molar-refractivity contribution in [2.45, 2.75) is 52.0 Å². The van der Waals surface area contributed by atoms with Crippen molar-refractivity contribution in [1.29, 1.82) is 0 Å². The van der Waals surface area contributed by atoms with Crippen molar-refractivity contribution in [2.24, 2.45) is 5.92 Å². The summed E-state index contributed by atoms with van der Waals surface area (Å²) >= 11 is 0. The fourth-order valence-corrected chi connectivity index (χ4v) is 2.41. The van der Waals surface area contributed by atoms with Crippen molar-refractivity contribution in [3.63, 3.8) is 0 Å². The molecule has 1 saturated carbocycles. The van der Waals surface area contributed by atoms with Gasteiger partial charge in [0.25, 0.3) is 0 Å². The van der Waals surface area contributed by atoms with Crippen molar-refractivity contribution in [1.82, 2.24) is 9.97 Å². The molecule has 0 radical (unpaired) electrons. The summed E-state index contributed by atoms with van der Waals surface area (Å²) in [6, 6.07) is 0.465. The molecule has 1 fully saturated rings. The van der Waals surface area contributed by atoms with Crippen molar-refractivity contribution in [3.8, 4) is 5.88 Å². The molecule has 0 amide bonds. The first-order chi connectivity index (χ1) is 9.20. The lowest BCUT2D eigenvalue weighted by Crippen LogP contribution is -2.26. The van der Waals surface area contributed by atoms with Crippen LogP contribution < -0.4 is 15.8 Å². The van der Waals surface area contributed by atoms with Gasteiger partial charge in [0.1, 0.15) is 12.0 Å². The van der Waals surface area contributed by atoms with Crippen LogP contribution in [0.25, 0.3) is 0 Å². The molecule has 5 heteroatoms. The first-order valence-electron chi connectivity index (χ1n) is 7.20. The number of nitrogen functional groups attached to an aromatic ring is 1. The SMILES string of the molecule is CCCOc1ncnc(NC2CCC(C)CC2)c1N. The highest BCUT2D eigenvalue weighted by molar-refractivity contribution is 5.66. The van der Waals surface area contributed by atoms with Crippen molar-refractivity contribution < 1.29 is 4.74 Å². The van der Waals surface area contributed by atoms with E-state index in [1.807, 2.05) is 0 Å². The molecule has 0 aliphatic heterocycles. The lowest BCUT2D eigenvalue weighted by Gasteiger charge is -2.27. The molecule has 2 rings (SSSR count). The van der Waals surface area contributed by atoms with Crippen molar-refractivity contribution in [3.05, 3.63) is 6.33 Å². The molecule has 106 valence electrons. The summed E-state index contributed by atoms with van der Waals surface area (Å²) in [6.45, 7) is 4.99. The van der Waals surface area contributed by atoms with E-state index in [-0.39, 0.29) is 0 Å². The minimum Gasteiger partial charge on any atom is -0.476 e. The average molecular weight is 264 g/mol. The second-order valence-corrected chi connectivity index (χ2v) is 5.39. The Morgan fingerprint density at radius 2 is 2.05 bits per heavy atom. The third kappa shape index (κ3) is 3.72. The predicted molar refractivity (Wildman–Crippen MR) is 77.3 cm³/mol. The highest BCUT2D eigenvalue weighted by Crippen LogP contribution is 2.29. The maximum absolute atomic E-state index is 6.06. The summed E-state index contributed by atoms with van der Waals surface area (Å²) in [5.74, 6) is 2.04. The number of nitrogens with two attached hydrogens (primary N) is 1. The fraction of sp³-hybridized carbons (Fsp3) is 0.714. The normalized spacial score (nSPS) is 23.1. The Morgan fingerprint density at radius 1 is 1.32 bits per heavy atom. The molecule has 1 aromatic heterocycles. The first-order valence-corrected chi connectivity index (χ1v) is 7.20. The number of anilines is 2. The van der Waals surface area contributed by atoms with Gasteiger partial charge in [0.15, 0.2) is 5.82 Å². The molecule has 19 heavy (non-hydrogen) atoms. The van der Waals surface area contributed by atoms with Gasteiger partial charge in [-0.15, -0.1) is 0 Å². The molecule has 0 saturated heterocycles. The number of hydrogen-bond donors (Lipinski definition) is 2. The van der Waals surface area contributed by atoms with Crippen LogP contribution >= 0.6 is 0 Å². The molecular weight excluding hydrogens is 240 g/mol. The number of hydrogen-bond acceptors (Lipinski definition) is 5. The molecule has 1 aliphatic carbocycles. The van der Waals surface area contributed by atoms with Gasteiger partial charge in [-0.1, -0.05) is 13.8 Å². The highest BCUT2D eigenvalue weighted by atomic mass is 16.5. The van der Waals surface area contributed by atoms with Gasteiger partial charge in [-0.25, -0.2) is 4.98 Å². The van der Waals surface area contributed by atoms with Gasteiger partial charge in [-0.05, 0) is 38.0 Å². The van der Waals surface area contributed by atoms with Crippen molar-refractivity contribution in [2.75, 3.05) is 17.7 Å². The Hall–Kier alpha value is -1.52. The Morgan fingerprint density at radius 3 is 2.74 bits per heavy atom. The highest BCUT2D eigenvalue weighted by Gasteiger charge is 2.20. The van der Waals surface area contributed by atoms with E-state index in [9.17, 15) is 0 Å². The average Bonchev–Trinajstić information content (AvgIpc) is 2.42. The zero-order valence-corrected chi connectivity index (χ0v) is 11.9. The molecule has 1 aromatic rings. The largest absolute Gasteiger partial charge is 0.476 e. The molecule has 0 bridgehead atoms. The van der Waals surface area contributed by atoms with E-state index in [0.29, 0.717) is 30.0 Å².